The Labute approximate surface area is 227 Å². The Morgan fingerprint density at radius 2 is 1.84 bits per heavy atom. The molecule has 2 aromatic carbocycles. The molecule has 10 nitrogen and oxygen atoms in total. The van der Waals surface area contributed by atoms with Crippen LogP contribution in [0.25, 0.3) is 0 Å². The second-order valence-electron chi connectivity index (χ2n) is 10.4. The minimum Gasteiger partial charge on any atom is -0.395 e. The van der Waals surface area contributed by atoms with Gasteiger partial charge in [-0.3, -0.25) is 14.9 Å². The van der Waals surface area contributed by atoms with Gasteiger partial charge in [-0.05, 0) is 68.4 Å². The molecule has 2 aromatic rings. The van der Waals surface area contributed by atoms with Crippen LogP contribution in [0, 0.1) is 15.5 Å². The largest absolute Gasteiger partial charge is 0.395 e. The first-order chi connectivity index (χ1) is 18.4. The smallest absolute Gasteiger partial charge is 0.292 e. The van der Waals surface area contributed by atoms with Gasteiger partial charge in [0.1, 0.15) is 5.69 Å². The number of aliphatic hydroxyl groups excluding tert-OH is 1. The van der Waals surface area contributed by atoms with Gasteiger partial charge in [-0.2, -0.15) is 0 Å². The van der Waals surface area contributed by atoms with Gasteiger partial charge in [0, 0.05) is 49.4 Å². The summed E-state index contributed by atoms with van der Waals surface area (Å²) in [5.74, 6) is 0.310. The minimum absolute atomic E-state index is 0.0101. The number of hydrogen-bond donors (Lipinski definition) is 3. The lowest BCUT2D eigenvalue weighted by atomic mass is 9.93. The van der Waals surface area contributed by atoms with Crippen LogP contribution in [0.2, 0.25) is 0 Å². The summed E-state index contributed by atoms with van der Waals surface area (Å²) in [6, 6.07) is 10.4. The number of nitro benzene ring substituents is 1. The van der Waals surface area contributed by atoms with E-state index in [4.69, 9.17) is 9.84 Å². The maximum absolute atomic E-state index is 13.6. The number of morpholine rings is 1. The maximum Gasteiger partial charge on any atom is 0.292 e. The summed E-state index contributed by atoms with van der Waals surface area (Å²) in [4.78, 5) is 29.2. The fourth-order valence-electron chi connectivity index (χ4n) is 5.37. The van der Waals surface area contributed by atoms with E-state index in [1.807, 2.05) is 30.0 Å². The van der Waals surface area contributed by atoms with Crippen molar-refractivity contribution in [2.24, 2.45) is 5.41 Å². The van der Waals surface area contributed by atoms with Crippen LogP contribution in [0.5, 0.6) is 0 Å². The highest BCUT2D eigenvalue weighted by atomic mass is 32.2. The number of rotatable bonds is 9. The number of amides is 1. The number of carbonyl (C=O) groups excluding carboxylic acids is 1. The average Bonchev–Trinajstić information content (AvgIpc) is 3.67. The predicted octanol–water partition coefficient (Wildman–Crippen LogP) is 4.51. The van der Waals surface area contributed by atoms with Crippen molar-refractivity contribution < 1.29 is 19.6 Å². The van der Waals surface area contributed by atoms with E-state index in [2.05, 4.69) is 14.9 Å². The third-order valence-corrected chi connectivity index (χ3v) is 8.53. The van der Waals surface area contributed by atoms with E-state index in [1.165, 1.54) is 30.9 Å². The van der Waals surface area contributed by atoms with E-state index in [0.717, 1.165) is 37.3 Å². The molecular formula is C27H35N5O5S. The van der Waals surface area contributed by atoms with Crippen molar-refractivity contribution in [3.8, 4) is 0 Å². The lowest BCUT2D eigenvalue weighted by molar-refractivity contribution is -0.384. The number of benzene rings is 2. The molecule has 2 saturated heterocycles. The number of nitro groups is 1. The van der Waals surface area contributed by atoms with Crippen LogP contribution >= 0.6 is 11.9 Å². The van der Waals surface area contributed by atoms with Crippen molar-refractivity contribution in [3.05, 3.63) is 52.1 Å². The predicted molar refractivity (Wildman–Crippen MR) is 151 cm³/mol. The van der Waals surface area contributed by atoms with Gasteiger partial charge in [0.25, 0.3) is 11.6 Å². The van der Waals surface area contributed by atoms with Gasteiger partial charge in [0.15, 0.2) is 0 Å². The molecule has 1 saturated carbocycles. The zero-order valence-electron chi connectivity index (χ0n) is 21.6. The quantitative estimate of drug-likeness (QED) is 0.182. The van der Waals surface area contributed by atoms with Crippen molar-refractivity contribution in [2.75, 3.05) is 65.0 Å². The van der Waals surface area contributed by atoms with E-state index in [0.29, 0.717) is 47.8 Å². The number of nitrogens with one attached hydrogen (secondary N) is 2. The van der Waals surface area contributed by atoms with Gasteiger partial charge < -0.3 is 29.7 Å². The van der Waals surface area contributed by atoms with Gasteiger partial charge in [-0.15, -0.1) is 0 Å². The van der Waals surface area contributed by atoms with Crippen LogP contribution in [0.3, 0.4) is 0 Å². The van der Waals surface area contributed by atoms with E-state index in [9.17, 15) is 14.9 Å². The SMILES string of the molecule is CC1CN(c2cc(NC(=O)c3ccc(NSCCO)cc3N3CCC4(CC3)CC4)ccc2[N+](=O)[O-])CCO1. The normalized spacial score (nSPS) is 20.3. The van der Waals surface area contributed by atoms with Crippen molar-refractivity contribution >= 4 is 46.3 Å². The highest BCUT2D eigenvalue weighted by Crippen LogP contribution is 2.54. The fourth-order valence-corrected chi connectivity index (χ4v) is 5.86. The van der Waals surface area contributed by atoms with Gasteiger partial charge in [0.05, 0.1) is 35.5 Å². The van der Waals surface area contributed by atoms with Gasteiger partial charge in [-0.25, -0.2) is 0 Å². The summed E-state index contributed by atoms with van der Waals surface area (Å²) < 4.78 is 8.86. The van der Waals surface area contributed by atoms with Gasteiger partial charge in [-0.1, -0.05) is 11.9 Å². The maximum atomic E-state index is 13.6. The minimum atomic E-state index is -0.386. The fraction of sp³-hybridized carbons (Fsp3) is 0.519. The zero-order chi connectivity index (χ0) is 26.7. The number of carbonyl (C=O) groups is 1. The molecule has 1 unspecified atom stereocenters. The number of piperidine rings is 1. The monoisotopic (exact) mass is 541 g/mol. The number of aliphatic hydroxyl groups is 1. The standard InChI is InChI=1S/C27H35N5O5S/c1-19-18-31(12-14-37-19)25-16-20(3-5-23(25)32(35)36)28-26(34)22-4-2-21(29-38-15-13-33)17-24(22)30-10-8-27(6-7-27)9-11-30/h2-5,16-17,19,29,33H,6-15,18H2,1H3,(H,28,34). The lowest BCUT2D eigenvalue weighted by Crippen LogP contribution is -2.41. The third-order valence-electron chi connectivity index (χ3n) is 7.76. The summed E-state index contributed by atoms with van der Waals surface area (Å²) in [5, 5.41) is 23.8. The van der Waals surface area contributed by atoms with Crippen LogP contribution in [-0.4, -0.2) is 67.2 Å². The molecule has 5 rings (SSSR count). The Morgan fingerprint density at radius 3 is 2.53 bits per heavy atom. The molecule has 38 heavy (non-hydrogen) atoms. The Morgan fingerprint density at radius 1 is 1.11 bits per heavy atom. The summed E-state index contributed by atoms with van der Waals surface area (Å²) >= 11 is 1.42. The molecule has 1 amide bonds. The van der Waals surface area contributed by atoms with Crippen LogP contribution in [0.1, 0.15) is 43.0 Å². The Hall–Kier alpha value is -3.02. The molecule has 1 spiro atoms. The number of ether oxygens (including phenoxy) is 1. The summed E-state index contributed by atoms with van der Waals surface area (Å²) in [7, 11) is 0. The van der Waals surface area contributed by atoms with E-state index >= 15 is 0 Å². The molecule has 3 N–H and O–H groups in total. The number of anilines is 4. The molecule has 0 aromatic heterocycles. The Balaban J connectivity index is 1.39. The van der Waals surface area contributed by atoms with Crippen LogP contribution < -0.4 is 19.8 Å². The second-order valence-corrected chi connectivity index (χ2v) is 11.3. The van der Waals surface area contributed by atoms with E-state index in [-0.39, 0.29) is 29.2 Å². The van der Waals surface area contributed by atoms with Gasteiger partial charge >= 0.3 is 0 Å². The summed E-state index contributed by atoms with van der Waals surface area (Å²) in [6.07, 6.45) is 4.84. The molecule has 0 radical (unpaired) electrons. The van der Waals surface area contributed by atoms with E-state index in [1.54, 1.807) is 12.1 Å². The molecule has 11 heteroatoms. The number of hydrogen-bond acceptors (Lipinski definition) is 9. The first-order valence-electron chi connectivity index (χ1n) is 13.2. The van der Waals surface area contributed by atoms with Crippen LogP contribution in [-0.2, 0) is 4.74 Å². The molecule has 2 aliphatic heterocycles. The highest BCUT2D eigenvalue weighted by molar-refractivity contribution is 8.00. The molecule has 2 heterocycles. The van der Waals surface area contributed by atoms with Crippen molar-refractivity contribution in [1.82, 2.24) is 0 Å². The molecule has 0 bridgehead atoms. The third kappa shape index (κ3) is 6.00. The lowest BCUT2D eigenvalue weighted by Gasteiger charge is -2.35. The molecule has 204 valence electrons. The van der Waals surface area contributed by atoms with Crippen LogP contribution in [0.4, 0.5) is 28.4 Å². The zero-order valence-corrected chi connectivity index (χ0v) is 22.5. The van der Waals surface area contributed by atoms with Gasteiger partial charge in [0.2, 0.25) is 0 Å². The van der Waals surface area contributed by atoms with Crippen molar-refractivity contribution in [2.45, 2.75) is 38.7 Å². The summed E-state index contributed by atoms with van der Waals surface area (Å²) in [6.45, 7) is 5.42. The molecular weight excluding hydrogens is 506 g/mol. The van der Waals surface area contributed by atoms with Crippen molar-refractivity contribution in [1.29, 1.82) is 0 Å². The topological polar surface area (TPSA) is 120 Å². The molecule has 1 aliphatic carbocycles. The average molecular weight is 542 g/mol. The van der Waals surface area contributed by atoms with Crippen LogP contribution in [0.15, 0.2) is 36.4 Å². The Kier molecular flexibility index (Phi) is 7.96. The number of nitrogens with zero attached hydrogens (tertiary/aromatic N) is 3. The Bertz CT molecular complexity index is 1180. The first kappa shape index (κ1) is 26.6. The molecule has 1 atom stereocenters. The summed E-state index contributed by atoms with van der Waals surface area (Å²) in [5.41, 5.74) is 3.83. The second kappa shape index (κ2) is 11.4. The van der Waals surface area contributed by atoms with Crippen molar-refractivity contribution in [3.63, 3.8) is 0 Å². The molecule has 3 aliphatic rings. The molecule has 3 fully saturated rings. The highest BCUT2D eigenvalue weighted by Gasteiger charge is 2.44. The first-order valence-corrected chi connectivity index (χ1v) is 14.2. The van der Waals surface area contributed by atoms with E-state index < -0.39 is 0 Å².